The van der Waals surface area contributed by atoms with E-state index in [4.69, 9.17) is 0 Å². The van der Waals surface area contributed by atoms with Crippen molar-refractivity contribution in [3.63, 3.8) is 0 Å². The Bertz CT molecular complexity index is 657. The molecular weight excluding hydrogens is 530 g/mol. The predicted molar refractivity (Wildman–Crippen MR) is 202 cm³/mol. The van der Waals surface area contributed by atoms with Crippen LogP contribution >= 0.6 is 0 Å². The molecule has 44 heavy (non-hydrogen) atoms. The van der Waals surface area contributed by atoms with Crippen LogP contribution in [0, 0.1) is 46.3 Å². The number of nitrogens with one attached hydrogen (secondary N) is 1. The highest BCUT2D eigenvalue weighted by atomic mass is 14.8. The van der Waals surface area contributed by atoms with Crippen molar-refractivity contribution >= 4 is 0 Å². The average molecular weight is 618 g/mol. The van der Waals surface area contributed by atoms with Gasteiger partial charge in [0.15, 0.2) is 0 Å². The first kappa shape index (κ1) is 42.0. The van der Waals surface area contributed by atoms with E-state index in [1.165, 1.54) is 154 Å². The molecule has 0 saturated heterocycles. The summed E-state index contributed by atoms with van der Waals surface area (Å²) in [5.41, 5.74) is 0.842. The quantitative estimate of drug-likeness (QED) is 0.0823. The molecule has 0 radical (unpaired) electrons. The number of unbranched alkanes of at least 4 members (excludes halogenated alkanes) is 10. The molecule has 1 heteroatoms. The third kappa shape index (κ3) is 13.6. The summed E-state index contributed by atoms with van der Waals surface area (Å²) in [6, 6.07) is 0. The lowest BCUT2D eigenvalue weighted by Crippen LogP contribution is -2.47. The second-order valence-corrected chi connectivity index (χ2v) is 16.5. The maximum Gasteiger partial charge on any atom is -0.00179 e. The molecule has 1 nitrogen and oxygen atoms in total. The Balaban J connectivity index is 3.23. The summed E-state index contributed by atoms with van der Waals surface area (Å²) in [5, 5.41) is 3.92. The van der Waals surface area contributed by atoms with Crippen molar-refractivity contribution in [2.45, 2.75) is 217 Å². The molecule has 0 aliphatic heterocycles. The zero-order valence-electron chi connectivity index (χ0n) is 32.6. The molecule has 1 rings (SSSR count). The van der Waals surface area contributed by atoms with E-state index in [1.54, 1.807) is 0 Å². The fourth-order valence-corrected chi connectivity index (χ4v) is 10.0. The third-order valence-corrected chi connectivity index (χ3v) is 13.6. The largest absolute Gasteiger partial charge is 0.317 e. The lowest BCUT2D eigenvalue weighted by molar-refractivity contribution is -0.0489. The molecule has 264 valence electrons. The Morgan fingerprint density at radius 2 is 1.16 bits per heavy atom. The minimum atomic E-state index is 0.408. The van der Waals surface area contributed by atoms with Crippen molar-refractivity contribution < 1.29 is 0 Å². The molecule has 0 aromatic carbocycles. The monoisotopic (exact) mass is 618 g/mol. The number of hydrogen-bond donors (Lipinski definition) is 1. The standard InChI is InChI=1S/C43H87N/c1-11-18-21-22-23-24-26-30-38-33-39(32-37(38)29-25-19-12-2)40(35-44-17-7)34-41(36(8)28-14-4)43(10,16-6)42(9,15-5)31-27-20-13-3/h36-41,44H,11-35H2,1-10H3/t36-,37?,38?,39?,40?,41-,42?,43?/m1/s1. The van der Waals surface area contributed by atoms with Gasteiger partial charge in [0.25, 0.3) is 0 Å². The van der Waals surface area contributed by atoms with Gasteiger partial charge in [-0.3, -0.25) is 0 Å². The average Bonchev–Trinajstić information content (AvgIpc) is 3.42. The van der Waals surface area contributed by atoms with Crippen LogP contribution in [0.1, 0.15) is 217 Å². The van der Waals surface area contributed by atoms with Crippen molar-refractivity contribution in [3.05, 3.63) is 0 Å². The van der Waals surface area contributed by atoms with Gasteiger partial charge < -0.3 is 5.32 Å². The van der Waals surface area contributed by atoms with Crippen LogP contribution in [-0.2, 0) is 0 Å². The van der Waals surface area contributed by atoms with Crippen molar-refractivity contribution in [2.24, 2.45) is 46.3 Å². The van der Waals surface area contributed by atoms with Crippen LogP contribution in [0.5, 0.6) is 0 Å². The molecule has 0 aromatic rings. The topological polar surface area (TPSA) is 12.0 Å². The van der Waals surface area contributed by atoms with Crippen molar-refractivity contribution in [3.8, 4) is 0 Å². The first-order chi connectivity index (χ1) is 21.2. The zero-order valence-corrected chi connectivity index (χ0v) is 32.6. The Morgan fingerprint density at radius 3 is 1.68 bits per heavy atom. The Morgan fingerprint density at radius 1 is 0.636 bits per heavy atom. The summed E-state index contributed by atoms with van der Waals surface area (Å²) in [4.78, 5) is 0. The van der Waals surface area contributed by atoms with Gasteiger partial charge in [-0.2, -0.15) is 0 Å². The van der Waals surface area contributed by atoms with E-state index >= 15 is 0 Å². The van der Waals surface area contributed by atoms with E-state index < -0.39 is 0 Å². The van der Waals surface area contributed by atoms with E-state index in [0.717, 1.165) is 42.1 Å². The zero-order chi connectivity index (χ0) is 32.8. The molecule has 0 heterocycles. The number of hydrogen-bond acceptors (Lipinski definition) is 1. The minimum Gasteiger partial charge on any atom is -0.317 e. The highest BCUT2D eigenvalue weighted by Crippen LogP contribution is 2.58. The van der Waals surface area contributed by atoms with Crippen LogP contribution in [-0.4, -0.2) is 13.1 Å². The van der Waals surface area contributed by atoms with E-state index in [9.17, 15) is 0 Å². The van der Waals surface area contributed by atoms with Crippen LogP contribution in [0.3, 0.4) is 0 Å². The van der Waals surface area contributed by atoms with Gasteiger partial charge in [-0.15, -0.1) is 0 Å². The van der Waals surface area contributed by atoms with E-state index in [0.29, 0.717) is 10.8 Å². The smallest absolute Gasteiger partial charge is 0.00179 e. The molecule has 0 amide bonds. The lowest BCUT2D eigenvalue weighted by Gasteiger charge is -2.54. The van der Waals surface area contributed by atoms with Gasteiger partial charge in [0, 0.05) is 0 Å². The van der Waals surface area contributed by atoms with Crippen LogP contribution in [0.4, 0.5) is 0 Å². The number of rotatable bonds is 29. The summed E-state index contributed by atoms with van der Waals surface area (Å²) in [6.45, 7) is 27.4. The SMILES string of the molecule is CCCCCCCCCC1CC(C(CNCC)C[C@H]([C@H](C)CCC)C(C)(CC)C(C)(CC)CCCCC)CC1CCCCC. The van der Waals surface area contributed by atoms with Crippen molar-refractivity contribution in [2.75, 3.05) is 13.1 Å². The fraction of sp³-hybridized carbons (Fsp3) is 1.00. The highest BCUT2D eigenvalue weighted by Gasteiger charge is 2.49. The van der Waals surface area contributed by atoms with Gasteiger partial charge in [0.2, 0.25) is 0 Å². The van der Waals surface area contributed by atoms with Gasteiger partial charge >= 0.3 is 0 Å². The summed E-state index contributed by atoms with van der Waals surface area (Å²) in [7, 11) is 0. The molecule has 0 bridgehead atoms. The molecule has 0 spiro atoms. The first-order valence-electron chi connectivity index (χ1n) is 20.9. The van der Waals surface area contributed by atoms with Gasteiger partial charge in [0.05, 0.1) is 0 Å². The Hall–Kier alpha value is -0.0400. The Kier molecular flexibility index (Phi) is 23.0. The van der Waals surface area contributed by atoms with Crippen molar-refractivity contribution in [1.82, 2.24) is 5.32 Å². The maximum absolute atomic E-state index is 3.92. The predicted octanol–water partition coefficient (Wildman–Crippen LogP) is 14.4. The second kappa shape index (κ2) is 24.2. The van der Waals surface area contributed by atoms with Crippen LogP contribution < -0.4 is 5.32 Å². The van der Waals surface area contributed by atoms with Gasteiger partial charge in [-0.05, 0) is 91.5 Å². The lowest BCUT2D eigenvalue weighted by atomic mass is 9.51. The molecule has 1 N–H and O–H groups in total. The maximum atomic E-state index is 3.92. The molecule has 1 aliphatic rings. The first-order valence-corrected chi connectivity index (χ1v) is 20.9. The van der Waals surface area contributed by atoms with Crippen molar-refractivity contribution in [1.29, 1.82) is 0 Å². The van der Waals surface area contributed by atoms with E-state index in [2.05, 4.69) is 74.6 Å². The van der Waals surface area contributed by atoms with Crippen LogP contribution in [0.25, 0.3) is 0 Å². The molecule has 0 aromatic heterocycles. The van der Waals surface area contributed by atoms with E-state index in [-0.39, 0.29) is 0 Å². The second-order valence-electron chi connectivity index (χ2n) is 16.5. The summed E-state index contributed by atoms with van der Waals surface area (Å²) >= 11 is 0. The van der Waals surface area contributed by atoms with Crippen LogP contribution in [0.15, 0.2) is 0 Å². The van der Waals surface area contributed by atoms with Gasteiger partial charge in [0.1, 0.15) is 0 Å². The minimum absolute atomic E-state index is 0.408. The summed E-state index contributed by atoms with van der Waals surface area (Å²) < 4.78 is 0. The highest BCUT2D eigenvalue weighted by molar-refractivity contribution is 4.99. The van der Waals surface area contributed by atoms with Gasteiger partial charge in [-0.1, -0.05) is 185 Å². The summed E-state index contributed by atoms with van der Waals surface area (Å²) in [5.74, 6) is 5.40. The Labute approximate surface area is 281 Å². The summed E-state index contributed by atoms with van der Waals surface area (Å²) in [6.07, 6.45) is 32.9. The molecule has 1 fully saturated rings. The molecule has 1 aliphatic carbocycles. The molecule has 1 saturated carbocycles. The molecule has 8 atom stereocenters. The molecular formula is C43H87N. The van der Waals surface area contributed by atoms with Gasteiger partial charge in [-0.25, -0.2) is 0 Å². The molecule has 6 unspecified atom stereocenters. The van der Waals surface area contributed by atoms with Crippen LogP contribution in [0.2, 0.25) is 0 Å². The normalized spacial score (nSPS) is 23.7. The third-order valence-electron chi connectivity index (χ3n) is 13.6. The van der Waals surface area contributed by atoms with E-state index in [1.807, 2.05) is 0 Å². The fourth-order valence-electron chi connectivity index (χ4n) is 10.0.